The van der Waals surface area contributed by atoms with Gasteiger partial charge in [-0.15, -0.1) is 23.4 Å². The van der Waals surface area contributed by atoms with Gasteiger partial charge in [0.1, 0.15) is 5.82 Å². The summed E-state index contributed by atoms with van der Waals surface area (Å²) in [6, 6.07) is 6.31. The van der Waals surface area contributed by atoms with E-state index in [-0.39, 0.29) is 5.82 Å². The Morgan fingerprint density at radius 2 is 2.31 bits per heavy atom. The van der Waals surface area contributed by atoms with Crippen molar-refractivity contribution in [3.8, 4) is 6.07 Å². The summed E-state index contributed by atoms with van der Waals surface area (Å²) in [7, 11) is 0. The Bertz CT molecular complexity index is 335. The summed E-state index contributed by atoms with van der Waals surface area (Å²) in [6.45, 7) is 0. The maximum Gasteiger partial charge on any atom is 0.138 e. The zero-order valence-corrected chi connectivity index (χ0v) is 8.33. The molecule has 0 atom stereocenters. The first kappa shape index (κ1) is 10.4. The predicted molar refractivity (Wildman–Crippen MR) is 52.6 cm³/mol. The smallest absolute Gasteiger partial charge is 0.138 e. The number of thioether (sulfide) groups is 1. The topological polar surface area (TPSA) is 23.8 Å². The molecule has 0 aliphatic heterocycles. The van der Waals surface area contributed by atoms with Crippen molar-refractivity contribution in [2.45, 2.75) is 4.90 Å². The lowest BCUT2D eigenvalue weighted by atomic mass is 10.2. The molecular formula is C9H7ClFNS. The molecule has 1 aromatic rings. The number of hydrogen-bond donors (Lipinski definition) is 0. The molecule has 0 unspecified atom stereocenters. The summed E-state index contributed by atoms with van der Waals surface area (Å²) in [4.78, 5) is 0.541. The highest BCUT2D eigenvalue weighted by molar-refractivity contribution is 7.99. The molecule has 4 heteroatoms. The second kappa shape index (κ2) is 5.11. The highest BCUT2D eigenvalue weighted by Gasteiger charge is 2.02. The van der Waals surface area contributed by atoms with Crippen molar-refractivity contribution in [1.82, 2.24) is 0 Å². The van der Waals surface area contributed by atoms with E-state index in [4.69, 9.17) is 16.9 Å². The monoisotopic (exact) mass is 215 g/mol. The van der Waals surface area contributed by atoms with E-state index in [0.717, 1.165) is 0 Å². The highest BCUT2D eigenvalue weighted by atomic mass is 35.5. The van der Waals surface area contributed by atoms with Gasteiger partial charge < -0.3 is 0 Å². The quantitative estimate of drug-likeness (QED) is 0.572. The minimum atomic E-state index is -0.353. The Morgan fingerprint density at radius 1 is 1.54 bits per heavy atom. The van der Waals surface area contributed by atoms with Crippen molar-refractivity contribution >= 4 is 23.4 Å². The standard InChI is InChI=1S/C9H7ClFNS/c10-3-4-13-9-2-1-7(6-12)5-8(9)11/h1-2,5H,3-4H2. The first-order chi connectivity index (χ1) is 6.27. The van der Waals surface area contributed by atoms with E-state index in [1.165, 1.54) is 17.8 Å². The molecule has 0 aliphatic carbocycles. The maximum atomic E-state index is 13.1. The third kappa shape index (κ3) is 2.91. The molecule has 68 valence electrons. The zero-order valence-electron chi connectivity index (χ0n) is 6.76. The first-order valence-corrected chi connectivity index (χ1v) is 5.18. The van der Waals surface area contributed by atoms with Gasteiger partial charge in [0.15, 0.2) is 0 Å². The van der Waals surface area contributed by atoms with Gasteiger partial charge in [0.2, 0.25) is 0 Å². The molecule has 0 fully saturated rings. The Hall–Kier alpha value is -0.720. The molecule has 0 saturated heterocycles. The van der Waals surface area contributed by atoms with Crippen LogP contribution in [0, 0.1) is 17.1 Å². The third-order valence-corrected chi connectivity index (χ3v) is 2.86. The Morgan fingerprint density at radius 3 is 2.85 bits per heavy atom. The van der Waals surface area contributed by atoms with Crippen LogP contribution in [0.2, 0.25) is 0 Å². The number of rotatable bonds is 3. The molecule has 0 amide bonds. The summed E-state index contributed by atoms with van der Waals surface area (Å²) >= 11 is 6.82. The molecular weight excluding hydrogens is 209 g/mol. The van der Waals surface area contributed by atoms with E-state index < -0.39 is 0 Å². The van der Waals surface area contributed by atoms with Crippen molar-refractivity contribution < 1.29 is 4.39 Å². The van der Waals surface area contributed by atoms with Gasteiger partial charge in [0, 0.05) is 16.5 Å². The van der Waals surface area contributed by atoms with Crippen LogP contribution in [0.5, 0.6) is 0 Å². The molecule has 0 radical (unpaired) electrons. The second-order valence-electron chi connectivity index (χ2n) is 2.29. The maximum absolute atomic E-state index is 13.1. The van der Waals surface area contributed by atoms with Gasteiger partial charge in [-0.1, -0.05) is 0 Å². The molecule has 0 bridgehead atoms. The van der Waals surface area contributed by atoms with Gasteiger partial charge in [-0.3, -0.25) is 0 Å². The van der Waals surface area contributed by atoms with Gasteiger partial charge in [-0.25, -0.2) is 4.39 Å². The number of nitrogens with zero attached hydrogens (tertiary/aromatic N) is 1. The molecule has 0 N–H and O–H groups in total. The van der Waals surface area contributed by atoms with Gasteiger partial charge >= 0.3 is 0 Å². The molecule has 0 heterocycles. The molecule has 1 rings (SSSR count). The number of nitriles is 1. The van der Waals surface area contributed by atoms with Gasteiger partial charge in [-0.2, -0.15) is 5.26 Å². The van der Waals surface area contributed by atoms with Crippen LogP contribution in [0.4, 0.5) is 4.39 Å². The fourth-order valence-corrected chi connectivity index (χ4v) is 1.73. The molecule has 0 spiro atoms. The van der Waals surface area contributed by atoms with Crippen LogP contribution in [0.15, 0.2) is 23.1 Å². The van der Waals surface area contributed by atoms with Crippen LogP contribution in [0.1, 0.15) is 5.56 Å². The highest BCUT2D eigenvalue weighted by Crippen LogP contribution is 2.22. The van der Waals surface area contributed by atoms with Crippen LogP contribution in [-0.4, -0.2) is 11.6 Å². The fourth-order valence-electron chi connectivity index (χ4n) is 0.836. The molecule has 0 aliphatic rings. The average Bonchev–Trinajstić information content (AvgIpc) is 2.16. The summed E-state index contributed by atoms with van der Waals surface area (Å²) in [5, 5.41) is 8.48. The predicted octanol–water partition coefficient (Wildman–Crippen LogP) is 3.03. The number of hydrogen-bond acceptors (Lipinski definition) is 2. The summed E-state index contributed by atoms with van der Waals surface area (Å²) in [6.07, 6.45) is 0. The zero-order chi connectivity index (χ0) is 9.68. The normalized spacial score (nSPS) is 9.62. The van der Waals surface area contributed by atoms with Crippen LogP contribution in [0.25, 0.3) is 0 Å². The number of benzene rings is 1. The Balaban J connectivity index is 2.81. The average molecular weight is 216 g/mol. The third-order valence-electron chi connectivity index (χ3n) is 1.40. The molecule has 1 aromatic carbocycles. The largest absolute Gasteiger partial charge is 0.206 e. The lowest BCUT2D eigenvalue weighted by Crippen LogP contribution is -1.86. The summed E-state index contributed by atoms with van der Waals surface area (Å²) in [5.41, 5.74) is 0.340. The van der Waals surface area contributed by atoms with E-state index in [0.29, 0.717) is 22.1 Å². The summed E-state index contributed by atoms with van der Waals surface area (Å²) < 4.78 is 13.1. The van der Waals surface area contributed by atoms with E-state index in [2.05, 4.69) is 0 Å². The van der Waals surface area contributed by atoms with E-state index in [9.17, 15) is 4.39 Å². The molecule has 0 saturated carbocycles. The van der Waals surface area contributed by atoms with Gasteiger partial charge in [-0.05, 0) is 18.2 Å². The lowest BCUT2D eigenvalue weighted by molar-refractivity contribution is 0.601. The number of alkyl halides is 1. The van der Waals surface area contributed by atoms with Crippen molar-refractivity contribution in [3.63, 3.8) is 0 Å². The van der Waals surface area contributed by atoms with Gasteiger partial charge in [0.05, 0.1) is 11.6 Å². The van der Waals surface area contributed by atoms with Crippen LogP contribution < -0.4 is 0 Å². The minimum Gasteiger partial charge on any atom is -0.206 e. The summed E-state index contributed by atoms with van der Waals surface area (Å²) in [5.74, 6) is 0.809. The van der Waals surface area contributed by atoms with Crippen LogP contribution >= 0.6 is 23.4 Å². The van der Waals surface area contributed by atoms with Crippen molar-refractivity contribution in [2.24, 2.45) is 0 Å². The minimum absolute atomic E-state index is 0.340. The van der Waals surface area contributed by atoms with Crippen molar-refractivity contribution in [2.75, 3.05) is 11.6 Å². The van der Waals surface area contributed by atoms with E-state index in [1.54, 1.807) is 12.1 Å². The first-order valence-electron chi connectivity index (χ1n) is 3.66. The molecule has 13 heavy (non-hydrogen) atoms. The van der Waals surface area contributed by atoms with Crippen LogP contribution in [0.3, 0.4) is 0 Å². The van der Waals surface area contributed by atoms with Crippen molar-refractivity contribution in [3.05, 3.63) is 29.6 Å². The van der Waals surface area contributed by atoms with E-state index >= 15 is 0 Å². The van der Waals surface area contributed by atoms with Crippen molar-refractivity contribution in [1.29, 1.82) is 5.26 Å². The number of halogens is 2. The Labute approximate surface area is 85.5 Å². The van der Waals surface area contributed by atoms with Gasteiger partial charge in [0.25, 0.3) is 0 Å². The van der Waals surface area contributed by atoms with Crippen LogP contribution in [-0.2, 0) is 0 Å². The fraction of sp³-hybridized carbons (Fsp3) is 0.222. The Kier molecular flexibility index (Phi) is 4.07. The molecule has 1 nitrogen and oxygen atoms in total. The molecule has 0 aromatic heterocycles. The SMILES string of the molecule is N#Cc1ccc(SCCCl)c(F)c1. The second-order valence-corrected chi connectivity index (χ2v) is 3.81. The van der Waals surface area contributed by atoms with E-state index in [1.807, 2.05) is 6.07 Å². The lowest BCUT2D eigenvalue weighted by Gasteiger charge is -2.00.